The molecule has 0 atom stereocenters. The molecule has 170 valence electrons. The summed E-state index contributed by atoms with van der Waals surface area (Å²) in [6.45, 7) is 0.825. The van der Waals surface area contributed by atoms with E-state index in [0.29, 0.717) is 11.3 Å². The van der Waals surface area contributed by atoms with Crippen LogP contribution in [0.1, 0.15) is 23.6 Å². The minimum absolute atomic E-state index is 0.0787. The lowest BCUT2D eigenvalue weighted by atomic mass is 10.1. The van der Waals surface area contributed by atoms with Crippen molar-refractivity contribution >= 4 is 21.9 Å². The monoisotopic (exact) mass is 468 g/mol. The number of hydrogen-bond acceptors (Lipinski definition) is 5. The number of halogens is 3. The molecular formula is C21H19F3N2O5S. The zero-order valence-corrected chi connectivity index (χ0v) is 17.9. The van der Waals surface area contributed by atoms with Crippen LogP contribution in [0.25, 0.3) is 0 Å². The summed E-state index contributed by atoms with van der Waals surface area (Å²) < 4.78 is 78.0. The molecule has 0 saturated heterocycles. The quantitative estimate of drug-likeness (QED) is 0.601. The van der Waals surface area contributed by atoms with Gasteiger partial charge in [-0.25, -0.2) is 4.79 Å². The van der Waals surface area contributed by atoms with Crippen molar-refractivity contribution in [3.05, 3.63) is 77.0 Å². The van der Waals surface area contributed by atoms with Crippen LogP contribution in [-0.4, -0.2) is 31.5 Å². The zero-order valence-electron chi connectivity index (χ0n) is 17.1. The van der Waals surface area contributed by atoms with E-state index in [1.165, 1.54) is 26.2 Å². The van der Waals surface area contributed by atoms with Gasteiger partial charge in [-0.1, -0.05) is 24.3 Å². The Morgan fingerprint density at radius 2 is 1.78 bits per heavy atom. The van der Waals surface area contributed by atoms with E-state index in [2.05, 4.69) is 4.40 Å². The molecule has 0 bridgehead atoms. The molecule has 0 N–H and O–H groups in total. The molecular weight excluding hydrogens is 449 g/mol. The Bertz CT molecular complexity index is 1170. The van der Waals surface area contributed by atoms with Gasteiger partial charge in [0.2, 0.25) is 0 Å². The lowest BCUT2D eigenvalue weighted by Gasteiger charge is -2.23. The van der Waals surface area contributed by atoms with Crippen molar-refractivity contribution in [1.82, 2.24) is 4.31 Å². The van der Waals surface area contributed by atoms with Gasteiger partial charge in [0.05, 0.1) is 30.5 Å². The van der Waals surface area contributed by atoms with Crippen LogP contribution in [0.15, 0.2) is 64.7 Å². The van der Waals surface area contributed by atoms with Gasteiger partial charge in [-0.3, -0.25) is 4.31 Å². The highest BCUT2D eigenvalue weighted by Crippen LogP contribution is 2.30. The molecule has 0 saturated carbocycles. The van der Waals surface area contributed by atoms with Crippen LogP contribution in [0.4, 0.5) is 13.2 Å². The molecule has 0 unspecified atom stereocenters. The number of benzene rings is 2. The Kier molecular flexibility index (Phi) is 6.58. The summed E-state index contributed by atoms with van der Waals surface area (Å²) in [5, 5.41) is 0. The number of esters is 1. The van der Waals surface area contributed by atoms with Gasteiger partial charge in [-0.2, -0.15) is 21.6 Å². The average Bonchev–Trinajstić information content (AvgIpc) is 2.73. The van der Waals surface area contributed by atoms with E-state index in [0.717, 1.165) is 22.6 Å². The number of methoxy groups -OCH3 is 1. The maximum absolute atomic E-state index is 12.8. The summed E-state index contributed by atoms with van der Waals surface area (Å²) in [5.74, 6) is -0.309. The SMILES string of the molecule is COc1ccc(CN2C=C(C(=O)OCc3cccc(C(F)(F)F)c3)C(C)=NS2(=O)=O)cc1. The van der Waals surface area contributed by atoms with E-state index in [1.807, 2.05) is 0 Å². The van der Waals surface area contributed by atoms with Crippen LogP contribution in [0.5, 0.6) is 5.75 Å². The average molecular weight is 468 g/mol. The topological polar surface area (TPSA) is 85.3 Å². The molecule has 1 aliphatic rings. The van der Waals surface area contributed by atoms with Crippen molar-refractivity contribution in [2.75, 3.05) is 7.11 Å². The summed E-state index contributed by atoms with van der Waals surface area (Å²) in [7, 11) is -2.56. The Labute approximate surface area is 183 Å². The Morgan fingerprint density at radius 1 is 1.09 bits per heavy atom. The molecule has 2 aromatic carbocycles. The number of alkyl halides is 3. The number of rotatable bonds is 6. The van der Waals surface area contributed by atoms with E-state index in [1.54, 1.807) is 24.3 Å². The second-order valence-electron chi connectivity index (χ2n) is 6.86. The van der Waals surface area contributed by atoms with E-state index >= 15 is 0 Å². The predicted molar refractivity (Wildman–Crippen MR) is 110 cm³/mol. The number of nitrogens with zero attached hydrogens (tertiary/aromatic N) is 2. The van der Waals surface area contributed by atoms with Crippen LogP contribution < -0.4 is 4.74 Å². The van der Waals surface area contributed by atoms with Crippen LogP contribution in [-0.2, 0) is 39.1 Å². The minimum Gasteiger partial charge on any atom is -0.497 e. The molecule has 7 nitrogen and oxygen atoms in total. The van der Waals surface area contributed by atoms with Crippen molar-refractivity contribution in [2.24, 2.45) is 4.40 Å². The fraction of sp³-hybridized carbons (Fsp3) is 0.238. The van der Waals surface area contributed by atoms with Gasteiger partial charge in [0.15, 0.2) is 0 Å². The number of carbonyl (C=O) groups excluding carboxylic acids is 1. The van der Waals surface area contributed by atoms with E-state index in [9.17, 15) is 26.4 Å². The lowest BCUT2D eigenvalue weighted by Crippen LogP contribution is -2.31. The number of carbonyl (C=O) groups is 1. The van der Waals surface area contributed by atoms with Crippen molar-refractivity contribution in [3.8, 4) is 5.75 Å². The predicted octanol–water partition coefficient (Wildman–Crippen LogP) is 3.86. The third kappa shape index (κ3) is 5.47. The summed E-state index contributed by atoms with van der Waals surface area (Å²) in [4.78, 5) is 12.5. The normalized spacial score (nSPS) is 15.6. The van der Waals surface area contributed by atoms with Crippen molar-refractivity contribution in [1.29, 1.82) is 0 Å². The molecule has 0 fully saturated rings. The molecule has 0 amide bonds. The number of ether oxygens (including phenoxy) is 2. The smallest absolute Gasteiger partial charge is 0.416 e. The van der Waals surface area contributed by atoms with Gasteiger partial charge in [0, 0.05) is 6.20 Å². The first-order chi connectivity index (χ1) is 15.0. The Morgan fingerprint density at radius 3 is 2.41 bits per heavy atom. The largest absolute Gasteiger partial charge is 0.497 e. The van der Waals surface area contributed by atoms with Crippen LogP contribution in [0.3, 0.4) is 0 Å². The first-order valence-corrected chi connectivity index (χ1v) is 10.7. The van der Waals surface area contributed by atoms with Crippen molar-refractivity contribution in [3.63, 3.8) is 0 Å². The van der Waals surface area contributed by atoms with Gasteiger partial charge >= 0.3 is 22.4 Å². The second-order valence-corrected chi connectivity index (χ2v) is 8.41. The standard InChI is InChI=1S/C21H19F3N2O5S/c1-14-19(20(27)31-13-16-4-3-5-17(10-16)21(22,23)24)12-26(32(28,29)25-14)11-15-6-8-18(30-2)9-7-15/h3-10,12H,11,13H2,1-2H3. The van der Waals surface area contributed by atoms with E-state index < -0.39 is 34.5 Å². The van der Waals surface area contributed by atoms with Gasteiger partial charge in [-0.05, 0) is 42.3 Å². The highest BCUT2D eigenvalue weighted by molar-refractivity contribution is 7.88. The van der Waals surface area contributed by atoms with E-state index in [4.69, 9.17) is 9.47 Å². The third-order valence-corrected chi connectivity index (χ3v) is 5.88. The first-order valence-electron chi connectivity index (χ1n) is 9.26. The highest BCUT2D eigenvalue weighted by Gasteiger charge is 2.31. The molecule has 0 aliphatic carbocycles. The van der Waals surface area contributed by atoms with Gasteiger partial charge in [0.25, 0.3) is 0 Å². The summed E-state index contributed by atoms with van der Waals surface area (Å²) in [5.41, 5.74) is -0.290. The molecule has 1 aliphatic heterocycles. The Hall–Kier alpha value is -3.34. The molecule has 32 heavy (non-hydrogen) atoms. The first kappa shape index (κ1) is 23.3. The molecule has 0 spiro atoms. The van der Waals surface area contributed by atoms with Crippen molar-refractivity contribution in [2.45, 2.75) is 26.3 Å². The lowest BCUT2D eigenvalue weighted by molar-refractivity contribution is -0.139. The molecule has 3 rings (SSSR count). The fourth-order valence-corrected chi connectivity index (χ4v) is 3.98. The maximum atomic E-state index is 12.8. The molecule has 11 heteroatoms. The summed E-state index contributed by atoms with van der Waals surface area (Å²) >= 11 is 0. The highest BCUT2D eigenvalue weighted by atomic mass is 32.2. The van der Waals surface area contributed by atoms with Gasteiger partial charge in [0.1, 0.15) is 12.4 Å². The van der Waals surface area contributed by atoms with Gasteiger partial charge in [-0.15, -0.1) is 4.40 Å². The molecule has 2 aromatic rings. The second kappa shape index (κ2) is 9.03. The Balaban J connectivity index is 1.76. The van der Waals surface area contributed by atoms with Crippen LogP contribution in [0.2, 0.25) is 0 Å². The zero-order chi connectivity index (χ0) is 23.5. The van der Waals surface area contributed by atoms with E-state index in [-0.39, 0.29) is 23.4 Å². The fourth-order valence-electron chi connectivity index (χ4n) is 2.88. The van der Waals surface area contributed by atoms with Gasteiger partial charge < -0.3 is 9.47 Å². The molecule has 0 aromatic heterocycles. The summed E-state index contributed by atoms with van der Waals surface area (Å²) in [6, 6.07) is 11.0. The van der Waals surface area contributed by atoms with Crippen LogP contribution >= 0.6 is 0 Å². The van der Waals surface area contributed by atoms with Crippen molar-refractivity contribution < 1.29 is 35.9 Å². The third-order valence-electron chi connectivity index (χ3n) is 4.55. The molecule has 0 radical (unpaired) electrons. The number of hydrogen-bond donors (Lipinski definition) is 0. The summed E-state index contributed by atoms with van der Waals surface area (Å²) in [6.07, 6.45) is -3.41. The maximum Gasteiger partial charge on any atom is 0.416 e. The van der Waals surface area contributed by atoms with Crippen LogP contribution in [0, 0.1) is 0 Å². The minimum atomic E-state index is -4.52. The molecule has 1 heterocycles.